The predicted molar refractivity (Wildman–Crippen MR) is 133 cm³/mol. The molecule has 0 aliphatic carbocycles. The average Bonchev–Trinajstić information content (AvgIpc) is 2.87. The van der Waals surface area contributed by atoms with Gasteiger partial charge in [-0.05, 0) is 60.4 Å². The average molecular weight is 483 g/mol. The first-order valence-corrected chi connectivity index (χ1v) is 12.5. The third-order valence-electron chi connectivity index (χ3n) is 5.43. The van der Waals surface area contributed by atoms with E-state index in [4.69, 9.17) is 9.47 Å². The quantitative estimate of drug-likeness (QED) is 0.449. The minimum Gasteiger partial charge on any atom is -0.493 e. The standard InChI is InChI=1S/C26H30N2O5S/c1-4-20-10-13-22(14-11-20)28(34(30,31)23-8-6-5-7-9-23)19-26(29)27-17-16-21-12-15-24(32-2)25(18-21)33-3/h5-15,18H,4,16-17,19H2,1-3H3,(H,27,29). The monoisotopic (exact) mass is 482 g/mol. The highest BCUT2D eigenvalue weighted by Crippen LogP contribution is 2.27. The van der Waals surface area contributed by atoms with Crippen molar-refractivity contribution in [3.63, 3.8) is 0 Å². The Kier molecular flexibility index (Phi) is 8.54. The van der Waals surface area contributed by atoms with Crippen LogP contribution in [0, 0.1) is 0 Å². The number of carbonyl (C=O) groups excluding carboxylic acids is 1. The van der Waals surface area contributed by atoms with E-state index in [-0.39, 0.29) is 17.3 Å². The highest BCUT2D eigenvalue weighted by Gasteiger charge is 2.27. The third-order valence-corrected chi connectivity index (χ3v) is 7.22. The van der Waals surface area contributed by atoms with Gasteiger partial charge in [0, 0.05) is 6.54 Å². The molecule has 34 heavy (non-hydrogen) atoms. The molecular formula is C26H30N2O5S. The lowest BCUT2D eigenvalue weighted by Gasteiger charge is -2.24. The Morgan fingerprint density at radius 2 is 1.53 bits per heavy atom. The minimum absolute atomic E-state index is 0.132. The molecule has 0 unspecified atom stereocenters. The second kappa shape index (κ2) is 11.6. The van der Waals surface area contributed by atoms with Gasteiger partial charge in [-0.25, -0.2) is 8.42 Å². The first kappa shape index (κ1) is 25.1. The van der Waals surface area contributed by atoms with Gasteiger partial charge in [-0.1, -0.05) is 43.3 Å². The number of methoxy groups -OCH3 is 2. The molecule has 0 aromatic heterocycles. The number of anilines is 1. The van der Waals surface area contributed by atoms with E-state index in [0.29, 0.717) is 30.2 Å². The molecule has 3 aromatic carbocycles. The SMILES string of the molecule is CCc1ccc(N(CC(=O)NCCc2ccc(OC)c(OC)c2)S(=O)(=O)c2ccccc2)cc1. The fraction of sp³-hybridized carbons (Fsp3) is 0.269. The maximum atomic E-state index is 13.4. The topological polar surface area (TPSA) is 84.9 Å². The van der Waals surface area contributed by atoms with Crippen molar-refractivity contribution in [1.29, 1.82) is 0 Å². The third kappa shape index (κ3) is 6.08. The summed E-state index contributed by atoms with van der Waals surface area (Å²) in [6, 6.07) is 20.9. The molecule has 0 atom stereocenters. The summed E-state index contributed by atoms with van der Waals surface area (Å²) in [5.74, 6) is 0.854. The zero-order chi connectivity index (χ0) is 24.6. The van der Waals surface area contributed by atoms with Crippen LogP contribution in [0.4, 0.5) is 5.69 Å². The summed E-state index contributed by atoms with van der Waals surface area (Å²) in [7, 11) is -0.781. The molecule has 0 fully saturated rings. The molecular weight excluding hydrogens is 452 g/mol. The van der Waals surface area contributed by atoms with Crippen LogP contribution >= 0.6 is 0 Å². The van der Waals surface area contributed by atoms with Gasteiger partial charge in [-0.3, -0.25) is 9.10 Å². The second-order valence-electron chi connectivity index (χ2n) is 7.63. The Bertz CT molecular complexity index is 1200. The van der Waals surface area contributed by atoms with Crippen LogP contribution in [-0.2, 0) is 27.7 Å². The summed E-state index contributed by atoms with van der Waals surface area (Å²) in [6.45, 7) is 2.05. The maximum absolute atomic E-state index is 13.4. The lowest BCUT2D eigenvalue weighted by Crippen LogP contribution is -2.41. The van der Waals surface area contributed by atoms with Gasteiger partial charge in [-0.15, -0.1) is 0 Å². The van der Waals surface area contributed by atoms with E-state index in [1.54, 1.807) is 44.6 Å². The number of nitrogens with one attached hydrogen (secondary N) is 1. The summed E-state index contributed by atoms with van der Waals surface area (Å²) in [5.41, 5.74) is 2.48. The molecule has 8 heteroatoms. The molecule has 0 aliphatic heterocycles. The van der Waals surface area contributed by atoms with E-state index in [0.717, 1.165) is 21.9 Å². The van der Waals surface area contributed by atoms with Crippen molar-refractivity contribution < 1.29 is 22.7 Å². The largest absolute Gasteiger partial charge is 0.493 e. The molecule has 3 rings (SSSR count). The molecule has 7 nitrogen and oxygen atoms in total. The van der Waals surface area contributed by atoms with Crippen molar-refractivity contribution in [2.45, 2.75) is 24.7 Å². The van der Waals surface area contributed by atoms with Gasteiger partial charge in [0.15, 0.2) is 11.5 Å². The van der Waals surface area contributed by atoms with Crippen LogP contribution in [-0.4, -0.2) is 41.6 Å². The molecule has 0 aliphatic rings. The number of hydrogen-bond acceptors (Lipinski definition) is 5. The van der Waals surface area contributed by atoms with Crippen LogP contribution in [0.2, 0.25) is 0 Å². The highest BCUT2D eigenvalue weighted by atomic mass is 32.2. The molecule has 3 aromatic rings. The molecule has 0 saturated carbocycles. The number of ether oxygens (including phenoxy) is 2. The van der Waals surface area contributed by atoms with Crippen molar-refractivity contribution in [2.75, 3.05) is 31.6 Å². The van der Waals surface area contributed by atoms with Crippen molar-refractivity contribution in [1.82, 2.24) is 5.32 Å². The molecule has 0 radical (unpaired) electrons. The Morgan fingerprint density at radius 1 is 0.882 bits per heavy atom. The van der Waals surface area contributed by atoms with Gasteiger partial charge in [0.1, 0.15) is 6.54 Å². The first-order valence-electron chi connectivity index (χ1n) is 11.0. The zero-order valence-electron chi connectivity index (χ0n) is 19.7. The van der Waals surface area contributed by atoms with Crippen LogP contribution < -0.4 is 19.1 Å². The lowest BCUT2D eigenvalue weighted by molar-refractivity contribution is -0.119. The summed E-state index contributed by atoms with van der Waals surface area (Å²) in [6.07, 6.45) is 1.39. The molecule has 180 valence electrons. The van der Waals surface area contributed by atoms with E-state index in [2.05, 4.69) is 5.32 Å². The first-order chi connectivity index (χ1) is 16.4. The van der Waals surface area contributed by atoms with Gasteiger partial charge >= 0.3 is 0 Å². The van der Waals surface area contributed by atoms with Crippen molar-refractivity contribution in [3.05, 3.63) is 83.9 Å². The Labute approximate surface area is 201 Å². The number of carbonyl (C=O) groups is 1. The molecule has 1 N–H and O–H groups in total. The van der Waals surface area contributed by atoms with Crippen LogP contribution in [0.5, 0.6) is 11.5 Å². The number of hydrogen-bond donors (Lipinski definition) is 1. The van der Waals surface area contributed by atoms with Crippen molar-refractivity contribution >= 4 is 21.6 Å². The van der Waals surface area contributed by atoms with E-state index in [1.165, 1.54) is 12.1 Å². The number of rotatable bonds is 11. The van der Waals surface area contributed by atoms with Crippen molar-refractivity contribution in [3.8, 4) is 11.5 Å². The zero-order valence-corrected chi connectivity index (χ0v) is 20.5. The van der Waals surface area contributed by atoms with Crippen LogP contribution in [0.3, 0.4) is 0 Å². The van der Waals surface area contributed by atoms with E-state index in [9.17, 15) is 13.2 Å². The number of nitrogens with zero attached hydrogens (tertiary/aromatic N) is 1. The number of aryl methyl sites for hydroxylation is 1. The fourth-order valence-electron chi connectivity index (χ4n) is 3.50. The Balaban J connectivity index is 1.73. The van der Waals surface area contributed by atoms with E-state index in [1.807, 2.05) is 37.3 Å². The van der Waals surface area contributed by atoms with Gasteiger partial charge in [-0.2, -0.15) is 0 Å². The highest BCUT2D eigenvalue weighted by molar-refractivity contribution is 7.92. The van der Waals surface area contributed by atoms with E-state index >= 15 is 0 Å². The van der Waals surface area contributed by atoms with Crippen LogP contribution in [0.25, 0.3) is 0 Å². The molecule has 1 amide bonds. The normalized spacial score (nSPS) is 11.0. The molecule has 0 bridgehead atoms. The van der Waals surface area contributed by atoms with Gasteiger partial charge in [0.25, 0.3) is 10.0 Å². The van der Waals surface area contributed by atoms with Crippen LogP contribution in [0.1, 0.15) is 18.1 Å². The summed E-state index contributed by atoms with van der Waals surface area (Å²) in [4.78, 5) is 12.9. The van der Waals surface area contributed by atoms with Gasteiger partial charge in [0.2, 0.25) is 5.91 Å². The number of amides is 1. The Morgan fingerprint density at radius 3 is 2.15 bits per heavy atom. The summed E-state index contributed by atoms with van der Waals surface area (Å²) < 4.78 is 38.4. The van der Waals surface area contributed by atoms with Crippen LogP contribution in [0.15, 0.2) is 77.7 Å². The molecule has 0 spiro atoms. The summed E-state index contributed by atoms with van der Waals surface area (Å²) in [5, 5.41) is 2.83. The number of benzene rings is 3. The lowest BCUT2D eigenvalue weighted by atomic mass is 10.1. The molecule has 0 saturated heterocycles. The molecule has 0 heterocycles. The summed E-state index contributed by atoms with van der Waals surface area (Å²) >= 11 is 0. The Hall–Kier alpha value is -3.52. The van der Waals surface area contributed by atoms with E-state index < -0.39 is 10.0 Å². The van der Waals surface area contributed by atoms with Crippen molar-refractivity contribution in [2.24, 2.45) is 0 Å². The second-order valence-corrected chi connectivity index (χ2v) is 9.50. The predicted octanol–water partition coefficient (Wildman–Crippen LogP) is 3.82. The van der Waals surface area contributed by atoms with Gasteiger partial charge < -0.3 is 14.8 Å². The van der Waals surface area contributed by atoms with Gasteiger partial charge in [0.05, 0.1) is 24.8 Å². The smallest absolute Gasteiger partial charge is 0.264 e. The minimum atomic E-state index is -3.92. The maximum Gasteiger partial charge on any atom is 0.264 e. The fourth-order valence-corrected chi connectivity index (χ4v) is 4.94. The number of sulfonamides is 1.